The molecule has 300 valence electrons. The molecule has 0 saturated carbocycles. The van der Waals surface area contributed by atoms with Gasteiger partial charge in [-0.3, -0.25) is 9.59 Å². The van der Waals surface area contributed by atoms with E-state index in [9.17, 15) is 9.59 Å². The number of para-hydroxylation sites is 3. The fraction of sp³-hybridized carbons (Fsp3) is 0.0714. The van der Waals surface area contributed by atoms with Crippen LogP contribution in [0.1, 0.15) is 11.1 Å². The molecule has 0 aliphatic carbocycles. The van der Waals surface area contributed by atoms with Crippen molar-refractivity contribution in [3.8, 4) is 27.9 Å². The van der Waals surface area contributed by atoms with E-state index in [1.165, 1.54) is 25.0 Å². The van der Waals surface area contributed by atoms with Gasteiger partial charge in [-0.15, -0.1) is 0 Å². The normalized spacial score (nSPS) is 11.3. The number of esters is 2. The molecule has 0 fully saturated rings. The van der Waals surface area contributed by atoms with E-state index in [2.05, 4.69) is 179 Å². The van der Waals surface area contributed by atoms with E-state index in [1.807, 2.05) is 24.3 Å². The molecule has 0 aliphatic heterocycles. The minimum atomic E-state index is -0.274. The molecule has 0 unspecified atom stereocenters. The first-order chi connectivity index (χ1) is 30.5. The van der Waals surface area contributed by atoms with Gasteiger partial charge >= 0.3 is 11.9 Å². The summed E-state index contributed by atoms with van der Waals surface area (Å²) in [6.45, 7) is 0. The Bertz CT molecular complexity index is 3280. The summed E-state index contributed by atoms with van der Waals surface area (Å²) in [7, 11) is 2.83. The standard InChI is InChI=1S/C56H42N2O4/c1-61-53(59)33-37-21-25-39(26-22-37)55-46-18-9-10-19-47(46)56(40-27-23-38(24-28-40)34-54(60)62-2)50-36-43(29-31-48(50)55)57(41-13-5-3-6-14-41)44-30-32-52-49(35-44)45-17-11-12-20-51(45)58(52)42-15-7-4-8-16-42/h3-32,35-36H,33-34H2,1-2H3. The number of ether oxygens (including phenoxy) is 2. The molecule has 0 N–H and O–H groups in total. The number of fused-ring (bicyclic) bond motifs is 5. The van der Waals surface area contributed by atoms with Crippen molar-refractivity contribution in [2.75, 3.05) is 19.1 Å². The van der Waals surface area contributed by atoms with Crippen molar-refractivity contribution in [1.29, 1.82) is 0 Å². The zero-order valence-electron chi connectivity index (χ0n) is 34.4. The van der Waals surface area contributed by atoms with E-state index >= 15 is 0 Å². The highest BCUT2D eigenvalue weighted by Crippen LogP contribution is 2.47. The van der Waals surface area contributed by atoms with Crippen molar-refractivity contribution in [1.82, 2.24) is 4.57 Å². The van der Waals surface area contributed by atoms with E-state index in [0.29, 0.717) is 0 Å². The summed E-state index contributed by atoms with van der Waals surface area (Å²) in [5.74, 6) is -0.545. The Labute approximate surface area is 359 Å². The van der Waals surface area contributed by atoms with Gasteiger partial charge in [0.15, 0.2) is 0 Å². The number of carbonyl (C=O) groups is 2. The van der Waals surface area contributed by atoms with Crippen LogP contribution in [-0.2, 0) is 31.9 Å². The fourth-order valence-electron chi connectivity index (χ4n) is 8.96. The molecule has 62 heavy (non-hydrogen) atoms. The van der Waals surface area contributed by atoms with Crippen LogP contribution >= 0.6 is 0 Å². The fourth-order valence-corrected chi connectivity index (χ4v) is 8.96. The summed E-state index contributed by atoms with van der Waals surface area (Å²) in [6.07, 6.45) is 0.411. The van der Waals surface area contributed by atoms with Crippen LogP contribution in [0.2, 0.25) is 0 Å². The van der Waals surface area contributed by atoms with Crippen LogP contribution in [0.15, 0.2) is 194 Å². The van der Waals surface area contributed by atoms with Crippen molar-refractivity contribution in [2.45, 2.75) is 12.8 Å². The maximum absolute atomic E-state index is 12.2. The van der Waals surface area contributed by atoms with Gasteiger partial charge in [0.05, 0.1) is 38.1 Å². The Kier molecular flexibility index (Phi) is 10.0. The Morgan fingerprint density at radius 2 is 0.871 bits per heavy atom. The van der Waals surface area contributed by atoms with Crippen molar-refractivity contribution >= 4 is 72.4 Å². The molecule has 6 heteroatoms. The minimum absolute atomic E-state index is 0.202. The van der Waals surface area contributed by atoms with Crippen LogP contribution in [-0.4, -0.2) is 30.7 Å². The van der Waals surface area contributed by atoms with Crippen molar-refractivity contribution < 1.29 is 19.1 Å². The molecule has 9 aromatic carbocycles. The summed E-state index contributed by atoms with van der Waals surface area (Å²) < 4.78 is 12.3. The lowest BCUT2D eigenvalue weighted by Gasteiger charge is -2.27. The number of methoxy groups -OCH3 is 2. The smallest absolute Gasteiger partial charge is 0.309 e. The highest BCUT2D eigenvalue weighted by molar-refractivity contribution is 6.22. The molecule has 10 rings (SSSR count). The molecule has 0 radical (unpaired) electrons. The second-order valence-electron chi connectivity index (χ2n) is 15.5. The first kappa shape index (κ1) is 38.3. The highest BCUT2D eigenvalue weighted by Gasteiger charge is 2.22. The van der Waals surface area contributed by atoms with E-state index in [4.69, 9.17) is 9.47 Å². The molecule has 1 heterocycles. The Balaban J connectivity index is 1.22. The third-order valence-electron chi connectivity index (χ3n) is 11.8. The van der Waals surface area contributed by atoms with Crippen molar-refractivity contribution in [2.24, 2.45) is 0 Å². The number of benzene rings is 9. The van der Waals surface area contributed by atoms with Crippen LogP contribution in [0.25, 0.3) is 71.3 Å². The van der Waals surface area contributed by atoms with Crippen molar-refractivity contribution in [3.05, 3.63) is 205 Å². The summed E-state index contributed by atoms with van der Waals surface area (Å²) in [6, 6.07) is 68.3. The molecule has 0 aliphatic rings. The number of hydrogen-bond acceptors (Lipinski definition) is 5. The summed E-state index contributed by atoms with van der Waals surface area (Å²) in [4.78, 5) is 26.7. The summed E-state index contributed by atoms with van der Waals surface area (Å²) in [5.41, 5.74) is 12.6. The molecule has 10 aromatic rings. The quantitative estimate of drug-likeness (QED) is 0.102. The topological polar surface area (TPSA) is 60.8 Å². The lowest BCUT2D eigenvalue weighted by molar-refractivity contribution is -0.140. The van der Waals surface area contributed by atoms with E-state index in [-0.39, 0.29) is 24.8 Å². The zero-order chi connectivity index (χ0) is 42.2. The predicted molar refractivity (Wildman–Crippen MR) is 253 cm³/mol. The van der Waals surface area contributed by atoms with Gasteiger partial charge in [0.2, 0.25) is 0 Å². The number of anilines is 3. The first-order valence-corrected chi connectivity index (χ1v) is 20.7. The molecule has 1 aromatic heterocycles. The first-order valence-electron chi connectivity index (χ1n) is 20.7. The van der Waals surface area contributed by atoms with Gasteiger partial charge in [0.25, 0.3) is 0 Å². The maximum atomic E-state index is 12.2. The van der Waals surface area contributed by atoms with Gasteiger partial charge in [-0.1, -0.05) is 133 Å². The number of carbonyl (C=O) groups excluding carboxylic acids is 2. The monoisotopic (exact) mass is 806 g/mol. The van der Waals surface area contributed by atoms with E-state index < -0.39 is 0 Å². The molecule has 0 saturated heterocycles. The SMILES string of the molecule is COC(=O)Cc1ccc(-c2c3ccccc3c(-c3ccc(CC(=O)OC)cc3)c3cc(N(c4ccccc4)c4ccc5c(c4)c4ccccc4n5-c4ccccc4)ccc23)cc1. The maximum Gasteiger partial charge on any atom is 0.309 e. The van der Waals surface area contributed by atoms with Crippen LogP contribution in [0.5, 0.6) is 0 Å². The molecule has 0 bridgehead atoms. The number of aromatic nitrogens is 1. The van der Waals surface area contributed by atoms with Gasteiger partial charge in [-0.2, -0.15) is 0 Å². The average Bonchev–Trinajstić information content (AvgIpc) is 3.66. The van der Waals surface area contributed by atoms with Crippen molar-refractivity contribution in [3.63, 3.8) is 0 Å². The molecule has 0 spiro atoms. The molecule has 0 amide bonds. The molecular formula is C56H42N2O4. The van der Waals surface area contributed by atoms with Gasteiger partial charge < -0.3 is 18.9 Å². The van der Waals surface area contributed by atoms with E-state index in [0.717, 1.165) is 88.7 Å². The zero-order valence-corrected chi connectivity index (χ0v) is 34.4. The van der Waals surface area contributed by atoms with Crippen LogP contribution < -0.4 is 4.90 Å². The summed E-state index contributed by atoms with van der Waals surface area (Å²) in [5, 5.41) is 6.75. The number of hydrogen-bond donors (Lipinski definition) is 0. The van der Waals surface area contributed by atoms with E-state index in [1.54, 1.807) is 0 Å². The van der Waals surface area contributed by atoms with Gasteiger partial charge in [0, 0.05) is 33.5 Å². The Hall–Kier alpha value is -7.96. The molecule has 0 atom stereocenters. The van der Waals surface area contributed by atoms with Gasteiger partial charge in [0.1, 0.15) is 0 Å². The Morgan fingerprint density at radius 3 is 1.45 bits per heavy atom. The lowest BCUT2D eigenvalue weighted by Crippen LogP contribution is -2.10. The van der Waals surface area contributed by atoms with Gasteiger partial charge in [-0.05, 0) is 116 Å². The average molecular weight is 807 g/mol. The van der Waals surface area contributed by atoms with Crippen LogP contribution in [0.4, 0.5) is 17.1 Å². The molecular weight excluding hydrogens is 765 g/mol. The largest absolute Gasteiger partial charge is 0.469 e. The predicted octanol–water partition coefficient (Wildman–Crippen LogP) is 13.3. The summed E-state index contributed by atoms with van der Waals surface area (Å²) >= 11 is 0. The van der Waals surface area contributed by atoms with Crippen LogP contribution in [0, 0.1) is 0 Å². The lowest BCUT2D eigenvalue weighted by atomic mass is 9.85. The number of nitrogens with zero attached hydrogens (tertiary/aromatic N) is 2. The van der Waals surface area contributed by atoms with Crippen LogP contribution in [0.3, 0.4) is 0 Å². The second kappa shape index (κ2) is 16.2. The third-order valence-corrected chi connectivity index (χ3v) is 11.8. The second-order valence-corrected chi connectivity index (χ2v) is 15.5. The molecule has 6 nitrogen and oxygen atoms in total. The number of rotatable bonds is 10. The minimum Gasteiger partial charge on any atom is -0.469 e. The van der Waals surface area contributed by atoms with Gasteiger partial charge in [-0.25, -0.2) is 0 Å². The Morgan fingerprint density at radius 1 is 0.419 bits per heavy atom. The third kappa shape index (κ3) is 6.91. The highest BCUT2D eigenvalue weighted by atomic mass is 16.5.